The van der Waals surface area contributed by atoms with Crippen molar-refractivity contribution in [3.05, 3.63) is 53.5 Å². The van der Waals surface area contributed by atoms with Crippen LogP contribution in [0.1, 0.15) is 70.1 Å². The fraction of sp³-hybridized carbons (Fsp3) is 0.581. The molecular formula is C31H45FN4O4. The molecule has 1 aliphatic rings. The lowest BCUT2D eigenvalue weighted by atomic mass is 9.99. The molecule has 3 rings (SSSR count). The maximum atomic E-state index is 13.2. The Balaban J connectivity index is 1.52. The van der Waals surface area contributed by atoms with Crippen LogP contribution in [0.3, 0.4) is 0 Å². The zero-order chi connectivity index (χ0) is 28.7. The van der Waals surface area contributed by atoms with E-state index in [1.165, 1.54) is 17.7 Å². The predicted octanol–water partition coefficient (Wildman–Crippen LogP) is 5.07. The average Bonchev–Trinajstić information content (AvgIpc) is 2.96. The van der Waals surface area contributed by atoms with Gasteiger partial charge < -0.3 is 20.5 Å². The number of nitrogens with one attached hydrogen (secondary N) is 2. The summed E-state index contributed by atoms with van der Waals surface area (Å²) >= 11 is 0. The topological polar surface area (TPSA) is 104 Å². The Kier molecular flexibility index (Phi) is 13.2. The molecule has 9 heteroatoms. The third-order valence-corrected chi connectivity index (χ3v) is 7.60. The molecule has 2 heterocycles. The SMILES string of the molecule is CCC(CC)CC(=O)NC(CCN(CCCCc1ccc2c(n1)NCCC2)CCOc1ccc(F)cc1)C(=O)O. The van der Waals surface area contributed by atoms with Crippen LogP contribution in [0.5, 0.6) is 5.75 Å². The molecule has 1 atom stereocenters. The Bertz CT molecular complexity index is 1060. The monoisotopic (exact) mass is 556 g/mol. The van der Waals surface area contributed by atoms with Crippen molar-refractivity contribution in [1.29, 1.82) is 0 Å². The van der Waals surface area contributed by atoms with Crippen molar-refractivity contribution in [1.82, 2.24) is 15.2 Å². The fourth-order valence-electron chi connectivity index (χ4n) is 4.97. The van der Waals surface area contributed by atoms with E-state index >= 15 is 0 Å². The van der Waals surface area contributed by atoms with E-state index in [0.29, 0.717) is 38.3 Å². The number of aromatic nitrogens is 1. The van der Waals surface area contributed by atoms with E-state index in [9.17, 15) is 19.1 Å². The molecule has 3 N–H and O–H groups in total. The number of halogens is 1. The van der Waals surface area contributed by atoms with Crippen molar-refractivity contribution < 1.29 is 23.8 Å². The molecule has 0 radical (unpaired) electrons. The van der Waals surface area contributed by atoms with Crippen LogP contribution >= 0.6 is 0 Å². The molecule has 1 aliphatic heterocycles. The molecule has 2 aromatic rings. The first-order valence-corrected chi connectivity index (χ1v) is 14.7. The van der Waals surface area contributed by atoms with E-state index in [2.05, 4.69) is 27.7 Å². The van der Waals surface area contributed by atoms with Gasteiger partial charge in [0.25, 0.3) is 0 Å². The summed E-state index contributed by atoms with van der Waals surface area (Å²) in [6.07, 6.45) is 7.38. The fourth-order valence-corrected chi connectivity index (χ4v) is 4.97. The number of carbonyl (C=O) groups excluding carboxylic acids is 1. The van der Waals surface area contributed by atoms with Crippen molar-refractivity contribution in [3.63, 3.8) is 0 Å². The second-order valence-electron chi connectivity index (χ2n) is 10.6. The van der Waals surface area contributed by atoms with Gasteiger partial charge in [-0.1, -0.05) is 32.8 Å². The summed E-state index contributed by atoms with van der Waals surface area (Å²) < 4.78 is 19.0. The number of rotatable bonds is 18. The number of nitrogens with zero attached hydrogens (tertiary/aromatic N) is 2. The van der Waals surface area contributed by atoms with Gasteiger partial charge in [-0.25, -0.2) is 14.2 Å². The summed E-state index contributed by atoms with van der Waals surface area (Å²) in [5, 5.41) is 15.9. The minimum Gasteiger partial charge on any atom is -0.492 e. The molecule has 40 heavy (non-hydrogen) atoms. The van der Waals surface area contributed by atoms with Gasteiger partial charge in [-0.05, 0) is 86.9 Å². The first-order valence-electron chi connectivity index (χ1n) is 14.7. The Hall–Kier alpha value is -3.20. The minimum absolute atomic E-state index is 0.209. The van der Waals surface area contributed by atoms with E-state index < -0.39 is 12.0 Å². The second kappa shape index (κ2) is 16.8. The molecule has 8 nitrogen and oxygen atoms in total. The van der Waals surface area contributed by atoms with Crippen LogP contribution in [0.25, 0.3) is 0 Å². The quantitative estimate of drug-likeness (QED) is 0.220. The van der Waals surface area contributed by atoms with E-state index in [1.54, 1.807) is 12.1 Å². The number of benzene rings is 1. The zero-order valence-corrected chi connectivity index (χ0v) is 24.0. The van der Waals surface area contributed by atoms with E-state index in [1.807, 2.05) is 13.8 Å². The maximum absolute atomic E-state index is 13.2. The number of aliphatic carboxylic acids is 1. The summed E-state index contributed by atoms with van der Waals surface area (Å²) in [6, 6.07) is 9.26. The molecule has 1 amide bonds. The Morgan fingerprint density at radius 1 is 1.10 bits per heavy atom. The first-order chi connectivity index (χ1) is 19.4. The summed E-state index contributed by atoms with van der Waals surface area (Å²) in [7, 11) is 0. The molecule has 1 aromatic heterocycles. The van der Waals surface area contributed by atoms with E-state index in [0.717, 1.165) is 69.5 Å². The molecule has 0 saturated heterocycles. The third kappa shape index (κ3) is 10.8. The van der Waals surface area contributed by atoms with Crippen molar-refractivity contribution in [2.45, 2.75) is 77.7 Å². The molecule has 220 valence electrons. The van der Waals surface area contributed by atoms with Gasteiger partial charge in [-0.2, -0.15) is 0 Å². The van der Waals surface area contributed by atoms with Crippen molar-refractivity contribution in [2.75, 3.05) is 38.1 Å². The number of carboxylic acids is 1. The highest BCUT2D eigenvalue weighted by molar-refractivity contribution is 5.83. The average molecular weight is 557 g/mol. The lowest BCUT2D eigenvalue weighted by molar-refractivity contribution is -0.142. The minimum atomic E-state index is -1.02. The number of aryl methyl sites for hydroxylation is 2. The van der Waals surface area contributed by atoms with Crippen molar-refractivity contribution in [2.24, 2.45) is 5.92 Å². The molecule has 0 saturated carbocycles. The number of hydrogen-bond donors (Lipinski definition) is 3. The Morgan fingerprint density at radius 3 is 2.60 bits per heavy atom. The summed E-state index contributed by atoms with van der Waals surface area (Å²) in [5.41, 5.74) is 2.35. The highest BCUT2D eigenvalue weighted by Crippen LogP contribution is 2.20. The lowest BCUT2D eigenvalue weighted by Crippen LogP contribution is -2.44. The summed E-state index contributed by atoms with van der Waals surface area (Å²) in [4.78, 5) is 31.3. The molecule has 1 unspecified atom stereocenters. The molecule has 0 fully saturated rings. The molecule has 0 bridgehead atoms. The van der Waals surface area contributed by atoms with Gasteiger partial charge in [-0.15, -0.1) is 0 Å². The van der Waals surface area contributed by atoms with Crippen LogP contribution in [0.15, 0.2) is 36.4 Å². The standard InChI is InChI=1S/C31H45FN4O4/c1-3-23(4-2)22-29(37)35-28(31(38)39)16-19-36(20-21-40-27-14-11-25(32)12-15-27)18-6-5-9-26-13-10-24-8-7-17-33-30(24)34-26/h10-15,23,28H,3-9,16-22H2,1-2H3,(H,33,34)(H,35,37)(H,38,39). The maximum Gasteiger partial charge on any atom is 0.326 e. The molecular weight excluding hydrogens is 511 g/mol. The van der Waals surface area contributed by atoms with Gasteiger partial charge in [-0.3, -0.25) is 9.69 Å². The number of unbranched alkanes of at least 4 members (excludes halogenated alkanes) is 1. The van der Waals surface area contributed by atoms with Crippen molar-refractivity contribution in [3.8, 4) is 5.75 Å². The Labute approximate surface area is 237 Å². The van der Waals surface area contributed by atoms with Crippen LogP contribution in [0.2, 0.25) is 0 Å². The van der Waals surface area contributed by atoms with E-state index in [4.69, 9.17) is 9.72 Å². The lowest BCUT2D eigenvalue weighted by Gasteiger charge is -2.25. The van der Waals surface area contributed by atoms with Crippen LogP contribution in [-0.2, 0) is 22.4 Å². The summed E-state index contributed by atoms with van der Waals surface area (Å²) in [6.45, 7) is 7.31. The molecule has 1 aromatic carbocycles. The smallest absolute Gasteiger partial charge is 0.326 e. The van der Waals surface area contributed by atoms with Gasteiger partial charge in [0.05, 0.1) is 0 Å². The second-order valence-corrected chi connectivity index (χ2v) is 10.6. The van der Waals surface area contributed by atoms with Crippen LogP contribution in [-0.4, -0.2) is 65.7 Å². The van der Waals surface area contributed by atoms with Crippen LogP contribution < -0.4 is 15.4 Å². The highest BCUT2D eigenvalue weighted by Gasteiger charge is 2.22. The first kappa shape index (κ1) is 31.3. The van der Waals surface area contributed by atoms with Gasteiger partial charge >= 0.3 is 5.97 Å². The molecule has 0 spiro atoms. The molecule has 0 aliphatic carbocycles. The predicted molar refractivity (Wildman–Crippen MR) is 155 cm³/mol. The number of anilines is 1. The number of amides is 1. The Morgan fingerprint density at radius 2 is 1.88 bits per heavy atom. The van der Waals surface area contributed by atoms with Gasteiger partial charge in [0.2, 0.25) is 5.91 Å². The number of carbonyl (C=O) groups is 2. The van der Waals surface area contributed by atoms with Crippen LogP contribution in [0.4, 0.5) is 10.2 Å². The van der Waals surface area contributed by atoms with Gasteiger partial charge in [0.1, 0.15) is 30.0 Å². The van der Waals surface area contributed by atoms with Crippen molar-refractivity contribution >= 4 is 17.7 Å². The number of hydrogen-bond acceptors (Lipinski definition) is 6. The number of fused-ring (bicyclic) bond motifs is 1. The van der Waals surface area contributed by atoms with Gasteiger partial charge in [0, 0.05) is 31.7 Å². The zero-order valence-electron chi connectivity index (χ0n) is 24.0. The largest absolute Gasteiger partial charge is 0.492 e. The van der Waals surface area contributed by atoms with E-state index in [-0.39, 0.29) is 17.6 Å². The van der Waals surface area contributed by atoms with Gasteiger partial charge in [0.15, 0.2) is 0 Å². The summed E-state index contributed by atoms with van der Waals surface area (Å²) in [5.74, 6) is 0.311. The third-order valence-electron chi connectivity index (χ3n) is 7.60. The normalized spacial score (nSPS) is 13.5. The highest BCUT2D eigenvalue weighted by atomic mass is 19.1. The number of carboxylic acid groups (broad SMARTS) is 1. The number of pyridine rings is 1. The number of ether oxygens (including phenoxy) is 1. The van der Waals surface area contributed by atoms with Crippen LogP contribution in [0, 0.1) is 11.7 Å².